The Morgan fingerprint density at radius 3 is 2.58 bits per heavy atom. The minimum absolute atomic E-state index is 0.116. The van der Waals surface area contributed by atoms with Crippen molar-refractivity contribution in [3.63, 3.8) is 0 Å². The molecule has 0 saturated heterocycles. The lowest BCUT2D eigenvalue weighted by molar-refractivity contribution is 0.0935. The smallest absolute Gasteiger partial charge is 0.293 e. The highest BCUT2D eigenvalue weighted by molar-refractivity contribution is 6.42. The number of aromatic nitrogens is 1. The standard InChI is InChI=1S/C25H25Cl2FN2O3/c1-15(5-3-6-16-9-10-20(26)21(27)12-16)29-24(32)19-13-22(30(2)25(33)23(19)31)18-8-4-7-17(11-18)14-28/h4,7-13,15,31H,3,5-6,14H2,1-2H3,(H,29,32). The van der Waals surface area contributed by atoms with Gasteiger partial charge in [0.2, 0.25) is 0 Å². The van der Waals surface area contributed by atoms with Crippen molar-refractivity contribution in [2.75, 3.05) is 0 Å². The molecule has 2 N–H and O–H groups in total. The molecule has 174 valence electrons. The van der Waals surface area contributed by atoms with Crippen LogP contribution >= 0.6 is 23.2 Å². The van der Waals surface area contributed by atoms with Gasteiger partial charge in [0.05, 0.1) is 21.3 Å². The van der Waals surface area contributed by atoms with Crippen LogP contribution in [0.3, 0.4) is 0 Å². The summed E-state index contributed by atoms with van der Waals surface area (Å²) in [6.07, 6.45) is 2.25. The minimum atomic E-state index is -0.699. The molecule has 1 heterocycles. The molecule has 0 bridgehead atoms. The van der Waals surface area contributed by atoms with E-state index >= 15 is 0 Å². The van der Waals surface area contributed by atoms with Gasteiger partial charge in [-0.3, -0.25) is 9.59 Å². The number of nitrogens with zero attached hydrogens (tertiary/aromatic N) is 1. The fraction of sp³-hybridized carbons (Fsp3) is 0.280. The number of aromatic hydroxyl groups is 1. The van der Waals surface area contributed by atoms with Gasteiger partial charge < -0.3 is 15.0 Å². The molecule has 0 radical (unpaired) electrons. The second kappa shape index (κ2) is 10.9. The summed E-state index contributed by atoms with van der Waals surface area (Å²) in [5.41, 5.74) is 1.67. The molecule has 3 rings (SSSR count). The Kier molecular flexibility index (Phi) is 8.16. The van der Waals surface area contributed by atoms with Crippen molar-refractivity contribution in [2.24, 2.45) is 7.05 Å². The summed E-state index contributed by atoms with van der Waals surface area (Å²) >= 11 is 12.0. The van der Waals surface area contributed by atoms with Crippen LogP contribution in [-0.2, 0) is 20.1 Å². The van der Waals surface area contributed by atoms with Crippen molar-refractivity contribution in [2.45, 2.75) is 38.9 Å². The lowest BCUT2D eigenvalue weighted by atomic mass is 10.0. The van der Waals surface area contributed by atoms with E-state index in [1.807, 2.05) is 19.1 Å². The van der Waals surface area contributed by atoms with Crippen LogP contribution in [0.5, 0.6) is 5.75 Å². The first-order chi connectivity index (χ1) is 15.7. The Labute approximate surface area is 201 Å². The molecule has 33 heavy (non-hydrogen) atoms. The zero-order valence-corrected chi connectivity index (χ0v) is 19.9. The Hall–Kier alpha value is -2.83. The highest BCUT2D eigenvalue weighted by atomic mass is 35.5. The summed E-state index contributed by atoms with van der Waals surface area (Å²) in [5, 5.41) is 14.2. The van der Waals surface area contributed by atoms with Crippen LogP contribution in [0.4, 0.5) is 4.39 Å². The van der Waals surface area contributed by atoms with Gasteiger partial charge >= 0.3 is 0 Å². The topological polar surface area (TPSA) is 71.3 Å². The highest BCUT2D eigenvalue weighted by Crippen LogP contribution is 2.25. The molecule has 5 nitrogen and oxygen atoms in total. The first-order valence-corrected chi connectivity index (χ1v) is 11.3. The average molecular weight is 491 g/mol. The summed E-state index contributed by atoms with van der Waals surface area (Å²) < 4.78 is 14.3. The van der Waals surface area contributed by atoms with E-state index in [1.54, 1.807) is 30.3 Å². The van der Waals surface area contributed by atoms with Crippen molar-refractivity contribution in [1.82, 2.24) is 9.88 Å². The molecule has 0 aliphatic heterocycles. The summed E-state index contributed by atoms with van der Waals surface area (Å²) in [5.74, 6) is -1.17. The van der Waals surface area contributed by atoms with Crippen molar-refractivity contribution < 1.29 is 14.3 Å². The van der Waals surface area contributed by atoms with Crippen molar-refractivity contribution in [3.05, 3.63) is 85.6 Å². The number of nitrogens with one attached hydrogen (secondary N) is 1. The third-order valence-corrected chi connectivity index (χ3v) is 6.23. The lowest BCUT2D eigenvalue weighted by Crippen LogP contribution is -2.34. The third-order valence-electron chi connectivity index (χ3n) is 5.49. The highest BCUT2D eigenvalue weighted by Gasteiger charge is 2.20. The number of hydrogen-bond acceptors (Lipinski definition) is 3. The van der Waals surface area contributed by atoms with E-state index in [0.29, 0.717) is 33.3 Å². The SMILES string of the molecule is CC(CCCc1ccc(Cl)c(Cl)c1)NC(=O)c1cc(-c2cccc(CF)c2)n(C)c(=O)c1O. The van der Waals surface area contributed by atoms with Gasteiger partial charge in [-0.1, -0.05) is 47.5 Å². The van der Waals surface area contributed by atoms with Crippen LogP contribution in [0.2, 0.25) is 10.0 Å². The van der Waals surface area contributed by atoms with Gasteiger partial charge in [-0.05, 0) is 67.1 Å². The second-order valence-electron chi connectivity index (χ2n) is 8.01. The predicted molar refractivity (Wildman–Crippen MR) is 130 cm³/mol. The van der Waals surface area contributed by atoms with Crippen molar-refractivity contribution in [1.29, 1.82) is 0 Å². The van der Waals surface area contributed by atoms with Crippen LogP contribution < -0.4 is 10.9 Å². The monoisotopic (exact) mass is 490 g/mol. The summed E-state index contributed by atoms with van der Waals surface area (Å²) in [6, 6.07) is 13.4. The van der Waals surface area contributed by atoms with Gasteiger partial charge in [0.15, 0.2) is 5.75 Å². The molecule has 8 heteroatoms. The number of aryl methyl sites for hydroxylation is 1. The van der Waals surface area contributed by atoms with Crippen LogP contribution in [0.25, 0.3) is 11.3 Å². The van der Waals surface area contributed by atoms with Crippen LogP contribution in [0, 0.1) is 0 Å². The number of pyridine rings is 1. The van der Waals surface area contributed by atoms with Gasteiger partial charge in [0.1, 0.15) is 6.67 Å². The van der Waals surface area contributed by atoms with Crippen LogP contribution in [-0.4, -0.2) is 21.6 Å². The molecule has 2 aromatic carbocycles. The quantitative estimate of drug-likeness (QED) is 0.426. The molecule has 0 fully saturated rings. The summed E-state index contributed by atoms with van der Waals surface area (Å²) in [7, 11) is 1.49. The molecule has 0 aliphatic carbocycles. The zero-order valence-electron chi connectivity index (χ0n) is 18.4. The number of carbonyl (C=O) groups is 1. The van der Waals surface area contributed by atoms with Gasteiger partial charge in [0, 0.05) is 13.1 Å². The minimum Gasteiger partial charge on any atom is -0.502 e. The van der Waals surface area contributed by atoms with E-state index in [-0.39, 0.29) is 11.6 Å². The van der Waals surface area contributed by atoms with Crippen LogP contribution in [0.15, 0.2) is 53.3 Å². The van der Waals surface area contributed by atoms with Crippen molar-refractivity contribution >= 4 is 29.1 Å². The zero-order chi connectivity index (χ0) is 24.1. The van der Waals surface area contributed by atoms with E-state index in [0.717, 1.165) is 18.4 Å². The van der Waals surface area contributed by atoms with Gasteiger partial charge in [0.25, 0.3) is 11.5 Å². The number of hydrogen-bond donors (Lipinski definition) is 2. The van der Waals surface area contributed by atoms with E-state index in [2.05, 4.69) is 5.32 Å². The number of rotatable bonds is 8. The normalized spacial score (nSPS) is 11.9. The Morgan fingerprint density at radius 2 is 1.88 bits per heavy atom. The van der Waals surface area contributed by atoms with E-state index in [9.17, 15) is 19.1 Å². The number of alkyl halides is 1. The van der Waals surface area contributed by atoms with Gasteiger partial charge in [-0.25, -0.2) is 4.39 Å². The maximum Gasteiger partial charge on any atom is 0.293 e. The van der Waals surface area contributed by atoms with Crippen LogP contribution in [0.1, 0.15) is 41.3 Å². The average Bonchev–Trinajstić information content (AvgIpc) is 2.80. The molecular weight excluding hydrogens is 466 g/mol. The van der Waals surface area contributed by atoms with E-state index < -0.39 is 23.9 Å². The number of halogens is 3. The first-order valence-electron chi connectivity index (χ1n) is 10.5. The number of carbonyl (C=O) groups excluding carboxylic acids is 1. The maximum atomic E-state index is 13.1. The second-order valence-corrected chi connectivity index (χ2v) is 8.82. The largest absolute Gasteiger partial charge is 0.502 e. The molecule has 0 aliphatic rings. The summed E-state index contributed by atoms with van der Waals surface area (Å²) in [4.78, 5) is 25.4. The fourth-order valence-electron chi connectivity index (χ4n) is 3.63. The Morgan fingerprint density at radius 1 is 1.12 bits per heavy atom. The molecule has 3 aromatic rings. The first kappa shape index (κ1) is 24.8. The van der Waals surface area contributed by atoms with Gasteiger partial charge in [-0.15, -0.1) is 0 Å². The van der Waals surface area contributed by atoms with Gasteiger partial charge in [-0.2, -0.15) is 0 Å². The Bertz CT molecular complexity index is 1230. The molecule has 0 spiro atoms. The molecule has 1 aromatic heterocycles. The van der Waals surface area contributed by atoms with E-state index in [4.69, 9.17) is 23.2 Å². The molecular formula is C25H25Cl2FN2O3. The fourth-order valence-corrected chi connectivity index (χ4v) is 3.95. The lowest BCUT2D eigenvalue weighted by Gasteiger charge is -2.16. The maximum absolute atomic E-state index is 13.1. The molecule has 1 atom stereocenters. The number of benzene rings is 2. The summed E-state index contributed by atoms with van der Waals surface area (Å²) in [6.45, 7) is 1.21. The predicted octanol–water partition coefficient (Wildman–Crippen LogP) is 5.68. The number of amides is 1. The third kappa shape index (κ3) is 5.95. The van der Waals surface area contributed by atoms with Crippen molar-refractivity contribution in [3.8, 4) is 17.0 Å². The Balaban J connectivity index is 1.72. The molecule has 1 amide bonds. The molecule has 0 saturated carbocycles. The molecule has 1 unspecified atom stereocenters. The van der Waals surface area contributed by atoms with E-state index in [1.165, 1.54) is 17.7 Å².